The molecule has 21 heavy (non-hydrogen) atoms. The van der Waals surface area contributed by atoms with Crippen LogP contribution < -0.4 is 0 Å². The van der Waals surface area contributed by atoms with Gasteiger partial charge in [-0.15, -0.1) is 6.58 Å². The molecule has 0 spiro atoms. The summed E-state index contributed by atoms with van der Waals surface area (Å²) in [5, 5.41) is 0. The molecule has 0 aliphatic rings. The molecule has 0 aliphatic carbocycles. The van der Waals surface area contributed by atoms with E-state index < -0.39 is 34.0 Å². The van der Waals surface area contributed by atoms with E-state index in [-0.39, 0.29) is 5.97 Å². The molecule has 0 aromatic rings. The molecule has 9 heteroatoms. The van der Waals surface area contributed by atoms with Crippen molar-refractivity contribution in [3.05, 3.63) is 12.3 Å². The van der Waals surface area contributed by atoms with Crippen LogP contribution in [0.5, 0.6) is 0 Å². The fourth-order valence-corrected chi connectivity index (χ4v) is 19.1. The van der Waals surface area contributed by atoms with Gasteiger partial charge in [-0.05, 0) is 52.4 Å². The Morgan fingerprint density at radius 2 is 1.19 bits per heavy atom. The summed E-state index contributed by atoms with van der Waals surface area (Å²) < 4.78 is 23.8. The smallest absolute Gasteiger partial charge is 0.386 e. The SMILES string of the molecule is C=C[Si](C)(C)O[Si](C)(C)O[Si](C)(C)O[Si](C)(C)OC(C)=O. The van der Waals surface area contributed by atoms with Gasteiger partial charge in [-0.3, -0.25) is 4.79 Å². The molecule has 0 rings (SSSR count). The Morgan fingerprint density at radius 1 is 0.810 bits per heavy atom. The molecular formula is C12H30O5Si4. The number of hydrogen-bond donors (Lipinski definition) is 0. The van der Waals surface area contributed by atoms with E-state index in [9.17, 15) is 4.79 Å². The number of carbonyl (C=O) groups is 1. The van der Waals surface area contributed by atoms with Crippen LogP contribution >= 0.6 is 0 Å². The van der Waals surface area contributed by atoms with Crippen LogP contribution in [0.3, 0.4) is 0 Å². The lowest BCUT2D eigenvalue weighted by molar-refractivity contribution is -0.133. The van der Waals surface area contributed by atoms with Crippen molar-refractivity contribution in [1.82, 2.24) is 0 Å². The van der Waals surface area contributed by atoms with Gasteiger partial charge in [0.25, 0.3) is 5.97 Å². The van der Waals surface area contributed by atoms with E-state index in [0.717, 1.165) is 0 Å². The van der Waals surface area contributed by atoms with Gasteiger partial charge in [-0.1, -0.05) is 5.70 Å². The zero-order chi connectivity index (χ0) is 17.1. The summed E-state index contributed by atoms with van der Waals surface area (Å²) in [5.41, 5.74) is 1.90. The Morgan fingerprint density at radius 3 is 1.57 bits per heavy atom. The molecular weight excluding hydrogens is 336 g/mol. The Bertz CT molecular complexity index is 393. The first kappa shape index (κ1) is 21.0. The van der Waals surface area contributed by atoms with Gasteiger partial charge in [0, 0.05) is 6.92 Å². The predicted octanol–water partition coefficient (Wildman–Crippen LogP) is 3.64. The summed E-state index contributed by atoms with van der Waals surface area (Å²) in [6, 6.07) is 0. The van der Waals surface area contributed by atoms with Crippen molar-refractivity contribution in [3.63, 3.8) is 0 Å². The van der Waals surface area contributed by atoms with Crippen molar-refractivity contribution < 1.29 is 21.6 Å². The molecule has 124 valence electrons. The molecule has 0 bridgehead atoms. The lowest BCUT2D eigenvalue weighted by Crippen LogP contribution is -2.57. The zero-order valence-electron chi connectivity index (χ0n) is 14.8. The van der Waals surface area contributed by atoms with Gasteiger partial charge in [0.1, 0.15) is 0 Å². The summed E-state index contributed by atoms with van der Waals surface area (Å²) in [6.07, 6.45) is 0. The Hall–Kier alpha value is -0.0425. The van der Waals surface area contributed by atoms with Crippen molar-refractivity contribution >= 4 is 40.0 Å². The minimum atomic E-state index is -2.52. The van der Waals surface area contributed by atoms with Crippen LogP contribution in [-0.4, -0.2) is 40.0 Å². The highest BCUT2D eigenvalue weighted by molar-refractivity contribution is 6.90. The van der Waals surface area contributed by atoms with Gasteiger partial charge in [-0.2, -0.15) is 0 Å². The third-order valence-corrected chi connectivity index (χ3v) is 16.1. The maximum absolute atomic E-state index is 11.1. The van der Waals surface area contributed by atoms with E-state index in [2.05, 4.69) is 19.7 Å². The summed E-state index contributed by atoms with van der Waals surface area (Å²) in [5.74, 6) is -0.315. The average Bonchev–Trinajstić information content (AvgIpc) is 2.08. The Kier molecular flexibility index (Phi) is 7.01. The lowest BCUT2D eigenvalue weighted by Gasteiger charge is -2.39. The topological polar surface area (TPSA) is 54.0 Å². The highest BCUT2D eigenvalue weighted by Gasteiger charge is 2.44. The maximum atomic E-state index is 11.1. The molecule has 0 aromatic carbocycles. The Labute approximate surface area is 133 Å². The van der Waals surface area contributed by atoms with Crippen LogP contribution in [0.1, 0.15) is 6.92 Å². The van der Waals surface area contributed by atoms with E-state index in [1.165, 1.54) is 6.92 Å². The largest absolute Gasteiger partial charge is 0.495 e. The number of carbonyl (C=O) groups excluding carboxylic acids is 1. The molecule has 5 nitrogen and oxygen atoms in total. The van der Waals surface area contributed by atoms with Gasteiger partial charge in [-0.25, -0.2) is 0 Å². The van der Waals surface area contributed by atoms with Crippen LogP contribution in [0.25, 0.3) is 0 Å². The van der Waals surface area contributed by atoms with Crippen molar-refractivity contribution in [2.24, 2.45) is 0 Å². The van der Waals surface area contributed by atoms with Crippen LogP contribution in [0, 0.1) is 0 Å². The van der Waals surface area contributed by atoms with Gasteiger partial charge in [0.2, 0.25) is 0 Å². The molecule has 0 aliphatic heterocycles. The van der Waals surface area contributed by atoms with Crippen LogP contribution in [0.15, 0.2) is 12.3 Å². The van der Waals surface area contributed by atoms with Crippen molar-refractivity contribution in [1.29, 1.82) is 0 Å². The number of rotatable bonds is 8. The zero-order valence-corrected chi connectivity index (χ0v) is 18.8. The quantitative estimate of drug-likeness (QED) is 0.614. The summed E-state index contributed by atoms with van der Waals surface area (Å²) in [7, 11) is -9.20. The first-order valence-electron chi connectivity index (χ1n) is 7.03. The minimum absolute atomic E-state index is 0.315. The van der Waals surface area contributed by atoms with E-state index >= 15 is 0 Å². The van der Waals surface area contributed by atoms with Gasteiger partial charge in [0.05, 0.1) is 0 Å². The molecule has 0 amide bonds. The standard InChI is InChI=1S/C12H30O5Si4/c1-11-18(3,4)15-20(7,8)17-21(9,10)16-19(5,6)14-12(2)13/h11H,1H2,2-10H3. The predicted molar refractivity (Wildman–Crippen MR) is 95.1 cm³/mol. The normalized spacial score (nSPS) is 14.0. The monoisotopic (exact) mass is 366 g/mol. The van der Waals surface area contributed by atoms with Gasteiger partial charge in [0.15, 0.2) is 8.32 Å². The fraction of sp³-hybridized carbons (Fsp3) is 0.750. The molecule has 0 saturated heterocycles. The molecule has 0 unspecified atom stereocenters. The highest BCUT2D eigenvalue weighted by Crippen LogP contribution is 2.24. The second-order valence-corrected chi connectivity index (χ2v) is 21.6. The van der Waals surface area contributed by atoms with Gasteiger partial charge < -0.3 is 16.8 Å². The van der Waals surface area contributed by atoms with Crippen molar-refractivity contribution in [3.8, 4) is 0 Å². The summed E-state index contributed by atoms with van der Waals surface area (Å²) in [6.45, 7) is 21.1. The third kappa shape index (κ3) is 9.55. The molecule has 0 heterocycles. The molecule has 0 N–H and O–H groups in total. The molecule has 0 aromatic heterocycles. The van der Waals surface area contributed by atoms with E-state index in [1.807, 2.05) is 45.0 Å². The third-order valence-electron chi connectivity index (χ3n) is 2.37. The second kappa shape index (κ2) is 7.02. The molecule has 0 fully saturated rings. The van der Waals surface area contributed by atoms with Crippen molar-refractivity contribution in [2.75, 3.05) is 0 Å². The van der Waals surface area contributed by atoms with Crippen LogP contribution in [0.2, 0.25) is 52.4 Å². The molecule has 0 radical (unpaired) electrons. The highest BCUT2D eigenvalue weighted by atomic mass is 28.5. The molecule has 0 atom stereocenters. The van der Waals surface area contributed by atoms with E-state index in [1.54, 1.807) is 0 Å². The number of hydrogen-bond acceptors (Lipinski definition) is 5. The first-order valence-corrected chi connectivity index (χ1v) is 18.5. The summed E-state index contributed by atoms with van der Waals surface area (Å²) in [4.78, 5) is 11.1. The van der Waals surface area contributed by atoms with Gasteiger partial charge >= 0.3 is 25.7 Å². The Balaban J connectivity index is 4.86. The maximum Gasteiger partial charge on any atom is 0.386 e. The van der Waals surface area contributed by atoms with E-state index in [0.29, 0.717) is 0 Å². The molecule has 0 saturated carbocycles. The lowest BCUT2D eigenvalue weighted by atomic mass is 10.9. The second-order valence-electron chi connectivity index (χ2n) is 6.91. The minimum Gasteiger partial charge on any atom is -0.495 e. The van der Waals surface area contributed by atoms with Crippen molar-refractivity contribution in [2.45, 2.75) is 59.3 Å². The van der Waals surface area contributed by atoms with E-state index in [4.69, 9.17) is 16.8 Å². The first-order chi connectivity index (χ1) is 9.10. The van der Waals surface area contributed by atoms with Crippen LogP contribution in [-0.2, 0) is 21.6 Å². The average molecular weight is 367 g/mol. The van der Waals surface area contributed by atoms with Crippen LogP contribution in [0.4, 0.5) is 0 Å². The summed E-state index contributed by atoms with van der Waals surface area (Å²) >= 11 is 0. The fourth-order valence-electron chi connectivity index (χ4n) is 2.27.